The predicted octanol–water partition coefficient (Wildman–Crippen LogP) is 5.21. The molecule has 3 aromatic rings. The maximum absolute atomic E-state index is 13.3. The highest BCUT2D eigenvalue weighted by molar-refractivity contribution is 5.96. The van der Waals surface area contributed by atoms with Crippen molar-refractivity contribution in [1.82, 2.24) is 10.2 Å². The number of hydrogen-bond acceptors (Lipinski definition) is 3. The van der Waals surface area contributed by atoms with Crippen LogP contribution < -0.4 is 10.6 Å². The minimum Gasteiger partial charge on any atom is -0.338 e. The molecule has 1 atom stereocenters. The third kappa shape index (κ3) is 6.29. The van der Waals surface area contributed by atoms with E-state index >= 15 is 0 Å². The largest absolute Gasteiger partial charge is 0.338 e. The zero-order chi connectivity index (χ0) is 23.9. The van der Waals surface area contributed by atoms with Crippen LogP contribution in [0.25, 0.3) is 0 Å². The third-order valence-electron chi connectivity index (χ3n) is 6.28. The first-order valence-corrected chi connectivity index (χ1v) is 11.7. The second kappa shape index (κ2) is 11.1. The standard InChI is InChI=1S/C28H30FN3O2/c1-20(33)22-8-4-9-26(17-22)31-28(34)30-14-5-15-32-19-24-7-3-2-6-23(24)18-27(32)16-21-10-12-25(29)13-11-21/h2-4,6-13,17,27H,5,14-16,18-19H2,1H3,(H2,30,31,34). The van der Waals surface area contributed by atoms with Crippen molar-refractivity contribution in [1.29, 1.82) is 0 Å². The van der Waals surface area contributed by atoms with Crippen LogP contribution in [0, 0.1) is 5.82 Å². The Morgan fingerprint density at radius 2 is 1.76 bits per heavy atom. The van der Waals surface area contributed by atoms with E-state index in [9.17, 15) is 14.0 Å². The molecule has 0 fully saturated rings. The van der Waals surface area contributed by atoms with Crippen molar-refractivity contribution in [2.24, 2.45) is 0 Å². The number of nitrogens with one attached hydrogen (secondary N) is 2. The van der Waals surface area contributed by atoms with Gasteiger partial charge in [0.25, 0.3) is 0 Å². The van der Waals surface area contributed by atoms with Gasteiger partial charge in [0.15, 0.2) is 5.78 Å². The van der Waals surface area contributed by atoms with Gasteiger partial charge in [-0.25, -0.2) is 9.18 Å². The number of benzene rings is 3. The molecule has 0 radical (unpaired) electrons. The van der Waals surface area contributed by atoms with Gasteiger partial charge in [0.2, 0.25) is 0 Å². The third-order valence-corrected chi connectivity index (χ3v) is 6.28. The fraction of sp³-hybridized carbons (Fsp3) is 0.286. The predicted molar refractivity (Wildman–Crippen MR) is 133 cm³/mol. The number of halogens is 1. The number of ketones is 1. The van der Waals surface area contributed by atoms with Crippen LogP contribution in [0.1, 0.15) is 40.4 Å². The zero-order valence-corrected chi connectivity index (χ0v) is 19.4. The molecule has 0 saturated carbocycles. The number of carbonyl (C=O) groups excluding carboxylic acids is 2. The zero-order valence-electron chi connectivity index (χ0n) is 19.4. The minimum atomic E-state index is -0.285. The lowest BCUT2D eigenvalue weighted by Gasteiger charge is -2.37. The molecule has 1 aliphatic heterocycles. The maximum Gasteiger partial charge on any atom is 0.319 e. The summed E-state index contributed by atoms with van der Waals surface area (Å²) in [7, 11) is 0. The molecular weight excluding hydrogens is 429 g/mol. The minimum absolute atomic E-state index is 0.0395. The number of hydrogen-bond donors (Lipinski definition) is 2. The van der Waals surface area contributed by atoms with E-state index in [4.69, 9.17) is 0 Å². The van der Waals surface area contributed by atoms with Gasteiger partial charge in [0, 0.05) is 36.9 Å². The molecule has 0 saturated heterocycles. The quantitative estimate of drug-likeness (QED) is 0.359. The van der Waals surface area contributed by atoms with Gasteiger partial charge in [-0.15, -0.1) is 0 Å². The van der Waals surface area contributed by atoms with E-state index in [2.05, 4.69) is 39.8 Å². The molecule has 0 bridgehead atoms. The van der Waals surface area contributed by atoms with Gasteiger partial charge < -0.3 is 10.6 Å². The maximum atomic E-state index is 13.3. The van der Waals surface area contributed by atoms with E-state index < -0.39 is 0 Å². The van der Waals surface area contributed by atoms with E-state index in [1.165, 1.54) is 30.2 Å². The first kappa shape index (κ1) is 23.6. The first-order chi connectivity index (χ1) is 16.5. The van der Waals surface area contributed by atoms with Gasteiger partial charge in [0.05, 0.1) is 0 Å². The Labute approximate surface area is 200 Å². The number of fused-ring (bicyclic) bond motifs is 1. The SMILES string of the molecule is CC(=O)c1cccc(NC(=O)NCCCN2Cc3ccccc3CC2Cc2ccc(F)cc2)c1. The van der Waals surface area contributed by atoms with Gasteiger partial charge in [-0.2, -0.15) is 0 Å². The van der Waals surface area contributed by atoms with Crippen molar-refractivity contribution in [3.05, 3.63) is 101 Å². The van der Waals surface area contributed by atoms with Crippen LogP contribution in [-0.2, 0) is 19.4 Å². The fourth-order valence-corrected chi connectivity index (χ4v) is 4.47. The smallest absolute Gasteiger partial charge is 0.319 e. The lowest BCUT2D eigenvalue weighted by molar-refractivity contribution is 0.101. The number of rotatable bonds is 8. The van der Waals surface area contributed by atoms with Crippen molar-refractivity contribution < 1.29 is 14.0 Å². The Morgan fingerprint density at radius 3 is 2.53 bits per heavy atom. The monoisotopic (exact) mass is 459 g/mol. The van der Waals surface area contributed by atoms with Crippen LogP contribution in [0.5, 0.6) is 0 Å². The molecule has 3 aromatic carbocycles. The highest BCUT2D eigenvalue weighted by atomic mass is 19.1. The van der Waals surface area contributed by atoms with Crippen molar-refractivity contribution in [2.45, 2.75) is 38.8 Å². The number of carbonyl (C=O) groups is 2. The highest BCUT2D eigenvalue weighted by Gasteiger charge is 2.25. The molecule has 2 amide bonds. The van der Waals surface area contributed by atoms with Crippen LogP contribution in [-0.4, -0.2) is 35.8 Å². The molecule has 0 aliphatic carbocycles. The van der Waals surface area contributed by atoms with Crippen LogP contribution in [0.3, 0.4) is 0 Å². The van der Waals surface area contributed by atoms with E-state index in [-0.39, 0.29) is 17.6 Å². The Bertz CT molecular complexity index is 1150. The van der Waals surface area contributed by atoms with Crippen LogP contribution in [0.15, 0.2) is 72.8 Å². The fourth-order valence-electron chi connectivity index (χ4n) is 4.47. The first-order valence-electron chi connectivity index (χ1n) is 11.7. The average Bonchev–Trinajstić information content (AvgIpc) is 2.83. The molecule has 176 valence electrons. The molecule has 5 nitrogen and oxygen atoms in total. The van der Waals surface area contributed by atoms with Gasteiger partial charge in [-0.1, -0.05) is 48.5 Å². The van der Waals surface area contributed by atoms with E-state index in [0.29, 0.717) is 23.8 Å². The summed E-state index contributed by atoms with van der Waals surface area (Å²) >= 11 is 0. The van der Waals surface area contributed by atoms with Gasteiger partial charge in [-0.05, 0) is 67.1 Å². The average molecular weight is 460 g/mol. The highest BCUT2D eigenvalue weighted by Crippen LogP contribution is 2.25. The lowest BCUT2D eigenvalue weighted by Crippen LogP contribution is -2.43. The molecule has 34 heavy (non-hydrogen) atoms. The van der Waals surface area contributed by atoms with Crippen LogP contribution in [0.2, 0.25) is 0 Å². The number of anilines is 1. The second-order valence-corrected chi connectivity index (χ2v) is 8.80. The Hall–Kier alpha value is -3.51. The van der Waals surface area contributed by atoms with Crippen molar-refractivity contribution >= 4 is 17.5 Å². The van der Waals surface area contributed by atoms with Gasteiger partial charge in [0.1, 0.15) is 5.82 Å². The summed E-state index contributed by atoms with van der Waals surface area (Å²) in [6.07, 6.45) is 2.62. The summed E-state index contributed by atoms with van der Waals surface area (Å²) < 4.78 is 13.3. The van der Waals surface area contributed by atoms with Crippen molar-refractivity contribution in [3.63, 3.8) is 0 Å². The Morgan fingerprint density at radius 1 is 1.00 bits per heavy atom. The number of nitrogens with zero attached hydrogens (tertiary/aromatic N) is 1. The van der Waals surface area contributed by atoms with Crippen molar-refractivity contribution in [3.8, 4) is 0 Å². The lowest BCUT2D eigenvalue weighted by atomic mass is 9.90. The summed E-state index contributed by atoms with van der Waals surface area (Å²) in [4.78, 5) is 26.3. The number of amides is 2. The number of urea groups is 1. The normalized spacial score (nSPS) is 15.4. The van der Waals surface area contributed by atoms with E-state index in [0.717, 1.165) is 37.9 Å². The molecule has 1 aliphatic rings. The summed E-state index contributed by atoms with van der Waals surface area (Å²) in [6.45, 7) is 3.76. The van der Waals surface area contributed by atoms with Crippen LogP contribution in [0.4, 0.5) is 14.9 Å². The number of Topliss-reactive ketones (excluding diaryl/α,β-unsaturated/α-hetero) is 1. The van der Waals surface area contributed by atoms with Crippen LogP contribution >= 0.6 is 0 Å². The van der Waals surface area contributed by atoms with E-state index in [1.54, 1.807) is 24.3 Å². The van der Waals surface area contributed by atoms with Crippen molar-refractivity contribution in [2.75, 3.05) is 18.4 Å². The molecule has 6 heteroatoms. The Balaban J connectivity index is 1.31. The molecule has 2 N–H and O–H groups in total. The summed E-state index contributed by atoms with van der Waals surface area (Å²) in [5.41, 5.74) is 5.00. The molecule has 4 rings (SSSR count). The van der Waals surface area contributed by atoms with E-state index in [1.807, 2.05) is 12.1 Å². The second-order valence-electron chi connectivity index (χ2n) is 8.80. The summed E-state index contributed by atoms with van der Waals surface area (Å²) in [5.74, 6) is -0.255. The summed E-state index contributed by atoms with van der Waals surface area (Å²) in [6, 6.07) is 22.2. The molecule has 1 unspecified atom stereocenters. The topological polar surface area (TPSA) is 61.4 Å². The molecule has 0 spiro atoms. The van der Waals surface area contributed by atoms with Gasteiger partial charge >= 0.3 is 6.03 Å². The molecule has 1 heterocycles. The van der Waals surface area contributed by atoms with Gasteiger partial charge in [-0.3, -0.25) is 9.69 Å². The molecule has 0 aromatic heterocycles. The summed E-state index contributed by atoms with van der Waals surface area (Å²) in [5, 5.41) is 5.69. The Kier molecular flexibility index (Phi) is 7.70. The molecular formula is C28H30FN3O2.